The molecule has 3 nitrogen and oxygen atoms in total. The third-order valence-electron chi connectivity index (χ3n) is 5.13. The van der Waals surface area contributed by atoms with Crippen molar-refractivity contribution in [2.24, 2.45) is 0 Å². The standard InChI is InChI=1S/C21H20O3S2/c1-11-10-14(20(24)19-15(22)4-3-5-16(19)23)12(2)18-13(11)6-7-17-21(18)26-9-8-25-17/h6-7,10,24H,3-5,8-9H2,1-2H3. The number of hydrogen-bond donors (Lipinski definition) is 1. The van der Waals surface area contributed by atoms with E-state index in [9.17, 15) is 14.7 Å². The van der Waals surface area contributed by atoms with Crippen LogP contribution in [0.25, 0.3) is 16.5 Å². The van der Waals surface area contributed by atoms with Crippen molar-refractivity contribution in [1.82, 2.24) is 0 Å². The quantitative estimate of drug-likeness (QED) is 0.414. The highest BCUT2D eigenvalue weighted by molar-refractivity contribution is 8.05. The molecule has 1 heterocycles. The second-order valence-electron chi connectivity index (χ2n) is 6.80. The number of fused-ring (bicyclic) bond motifs is 3. The first-order valence-corrected chi connectivity index (χ1v) is 10.8. The topological polar surface area (TPSA) is 54.4 Å². The fourth-order valence-electron chi connectivity index (χ4n) is 3.81. The summed E-state index contributed by atoms with van der Waals surface area (Å²) < 4.78 is 0. The van der Waals surface area contributed by atoms with E-state index in [-0.39, 0.29) is 22.9 Å². The molecule has 1 fully saturated rings. The molecule has 2 aliphatic rings. The van der Waals surface area contributed by atoms with Gasteiger partial charge in [-0.1, -0.05) is 6.07 Å². The number of rotatable bonds is 1. The lowest BCUT2D eigenvalue weighted by molar-refractivity contribution is -0.123. The third-order valence-corrected chi connectivity index (χ3v) is 7.70. The van der Waals surface area contributed by atoms with Gasteiger partial charge in [0.05, 0.1) is 0 Å². The van der Waals surface area contributed by atoms with Crippen LogP contribution >= 0.6 is 23.5 Å². The predicted octanol–water partition coefficient (Wildman–Crippen LogP) is 5.25. The van der Waals surface area contributed by atoms with Crippen LogP contribution in [0.5, 0.6) is 0 Å². The normalized spacial score (nSPS) is 17.5. The van der Waals surface area contributed by atoms with Crippen LogP contribution in [-0.2, 0) is 9.59 Å². The van der Waals surface area contributed by atoms with Crippen molar-refractivity contribution in [3.8, 4) is 0 Å². The SMILES string of the molecule is Cc1cc(C(O)=C2C(=O)CCCC2=O)c(C)c2c3c(ccc12)SCCS3. The Kier molecular flexibility index (Phi) is 4.61. The van der Waals surface area contributed by atoms with Crippen molar-refractivity contribution in [2.45, 2.75) is 42.9 Å². The summed E-state index contributed by atoms with van der Waals surface area (Å²) >= 11 is 3.70. The Bertz CT molecular complexity index is 971. The van der Waals surface area contributed by atoms with Gasteiger partial charge in [-0.05, 0) is 48.9 Å². The molecule has 1 aliphatic carbocycles. The van der Waals surface area contributed by atoms with Crippen molar-refractivity contribution >= 4 is 51.6 Å². The van der Waals surface area contributed by atoms with Gasteiger partial charge in [0.25, 0.3) is 0 Å². The van der Waals surface area contributed by atoms with Crippen molar-refractivity contribution in [3.05, 3.63) is 40.5 Å². The minimum absolute atomic E-state index is 0.00933. The molecule has 1 N–H and O–H groups in total. The second-order valence-corrected chi connectivity index (χ2v) is 9.04. The summed E-state index contributed by atoms with van der Waals surface area (Å²) in [5.41, 5.74) is 2.58. The smallest absolute Gasteiger partial charge is 0.170 e. The maximum atomic E-state index is 12.3. The molecule has 0 bridgehead atoms. The number of aliphatic hydroxyl groups excluding tert-OH is 1. The average Bonchev–Trinajstić information content (AvgIpc) is 2.63. The third kappa shape index (κ3) is 2.78. The van der Waals surface area contributed by atoms with Crippen LogP contribution in [0.15, 0.2) is 33.6 Å². The van der Waals surface area contributed by atoms with Crippen LogP contribution in [0, 0.1) is 13.8 Å². The number of ketones is 2. The Morgan fingerprint density at radius 1 is 1.04 bits per heavy atom. The number of hydrogen-bond acceptors (Lipinski definition) is 5. The molecule has 1 aliphatic heterocycles. The lowest BCUT2D eigenvalue weighted by atomic mass is 9.87. The minimum atomic E-state index is -0.240. The van der Waals surface area contributed by atoms with Gasteiger partial charge in [-0.2, -0.15) is 0 Å². The molecule has 134 valence electrons. The van der Waals surface area contributed by atoms with Gasteiger partial charge in [0.2, 0.25) is 0 Å². The number of aryl methyl sites for hydroxylation is 2. The first kappa shape index (κ1) is 17.7. The van der Waals surface area contributed by atoms with Crippen LogP contribution in [0.1, 0.15) is 36.0 Å². The van der Waals surface area contributed by atoms with Gasteiger partial charge in [-0.3, -0.25) is 9.59 Å². The van der Waals surface area contributed by atoms with Crippen molar-refractivity contribution < 1.29 is 14.7 Å². The van der Waals surface area contributed by atoms with E-state index in [0.29, 0.717) is 24.8 Å². The van der Waals surface area contributed by atoms with E-state index in [1.807, 2.05) is 43.4 Å². The first-order chi connectivity index (χ1) is 12.5. The summed E-state index contributed by atoms with van der Waals surface area (Å²) in [6.07, 6.45) is 1.24. The van der Waals surface area contributed by atoms with E-state index >= 15 is 0 Å². The lowest BCUT2D eigenvalue weighted by Crippen LogP contribution is -2.20. The Morgan fingerprint density at radius 2 is 1.73 bits per heavy atom. The van der Waals surface area contributed by atoms with Crippen molar-refractivity contribution in [3.63, 3.8) is 0 Å². The highest BCUT2D eigenvalue weighted by Gasteiger charge is 2.29. The fraction of sp³-hybridized carbons (Fsp3) is 0.333. The second kappa shape index (κ2) is 6.78. The summed E-state index contributed by atoms with van der Waals surface area (Å²) in [6, 6.07) is 6.22. The van der Waals surface area contributed by atoms with Gasteiger partial charge >= 0.3 is 0 Å². The summed E-state index contributed by atoms with van der Waals surface area (Å²) in [6.45, 7) is 3.99. The fourth-order valence-corrected chi connectivity index (χ4v) is 6.27. The molecule has 2 aromatic rings. The lowest BCUT2D eigenvalue weighted by Gasteiger charge is -2.21. The van der Waals surface area contributed by atoms with E-state index < -0.39 is 0 Å². The molecule has 26 heavy (non-hydrogen) atoms. The zero-order valence-electron chi connectivity index (χ0n) is 14.8. The van der Waals surface area contributed by atoms with Crippen LogP contribution in [-0.4, -0.2) is 28.2 Å². The molecule has 5 heteroatoms. The summed E-state index contributed by atoms with van der Waals surface area (Å²) in [7, 11) is 0. The molecular formula is C21H20O3S2. The zero-order chi connectivity index (χ0) is 18.4. The molecule has 0 atom stereocenters. The van der Waals surface area contributed by atoms with Crippen LogP contribution < -0.4 is 0 Å². The number of thioether (sulfide) groups is 2. The Hall–Kier alpha value is -1.72. The molecule has 0 amide bonds. The zero-order valence-corrected chi connectivity index (χ0v) is 16.5. The number of benzene rings is 2. The molecule has 0 aromatic heterocycles. The molecule has 0 saturated heterocycles. The van der Waals surface area contributed by atoms with Crippen LogP contribution in [0.4, 0.5) is 0 Å². The summed E-state index contributed by atoms with van der Waals surface area (Å²) in [5, 5.41) is 13.2. The van der Waals surface area contributed by atoms with Gasteiger partial charge in [0, 0.05) is 45.1 Å². The maximum Gasteiger partial charge on any atom is 0.170 e. The summed E-state index contributed by atoms with van der Waals surface area (Å²) in [5.74, 6) is 1.53. The number of carbonyl (C=O) groups excluding carboxylic acids is 2. The summed E-state index contributed by atoms with van der Waals surface area (Å²) in [4.78, 5) is 27.1. The number of carbonyl (C=O) groups is 2. The van der Waals surface area contributed by atoms with Crippen LogP contribution in [0.2, 0.25) is 0 Å². The van der Waals surface area contributed by atoms with E-state index in [4.69, 9.17) is 0 Å². The molecule has 1 saturated carbocycles. The number of aliphatic hydroxyl groups is 1. The first-order valence-electron chi connectivity index (χ1n) is 8.81. The Morgan fingerprint density at radius 3 is 2.46 bits per heavy atom. The van der Waals surface area contributed by atoms with E-state index in [1.165, 1.54) is 15.2 Å². The number of allylic oxidation sites excluding steroid dienone is 1. The highest BCUT2D eigenvalue weighted by atomic mass is 32.2. The average molecular weight is 385 g/mol. The highest BCUT2D eigenvalue weighted by Crippen LogP contribution is 2.44. The van der Waals surface area contributed by atoms with Gasteiger partial charge in [0.15, 0.2) is 11.6 Å². The molecule has 0 spiro atoms. The van der Waals surface area contributed by atoms with E-state index in [1.54, 1.807) is 0 Å². The predicted molar refractivity (Wildman–Crippen MR) is 108 cm³/mol. The molecule has 0 unspecified atom stereocenters. The Balaban J connectivity index is 2.01. The van der Waals surface area contributed by atoms with Crippen molar-refractivity contribution in [1.29, 1.82) is 0 Å². The minimum Gasteiger partial charge on any atom is -0.506 e. The van der Waals surface area contributed by atoms with Gasteiger partial charge in [0.1, 0.15) is 11.3 Å². The molecule has 2 aromatic carbocycles. The van der Waals surface area contributed by atoms with Gasteiger partial charge < -0.3 is 5.11 Å². The molecule has 4 rings (SSSR count). The van der Waals surface area contributed by atoms with E-state index in [0.717, 1.165) is 28.0 Å². The Labute approximate surface area is 161 Å². The molecular weight excluding hydrogens is 364 g/mol. The van der Waals surface area contributed by atoms with Crippen molar-refractivity contribution in [2.75, 3.05) is 11.5 Å². The number of Topliss-reactive ketones (excluding diaryl/α,β-unsaturated/α-hetero) is 2. The monoisotopic (exact) mass is 384 g/mol. The van der Waals surface area contributed by atoms with Gasteiger partial charge in [-0.25, -0.2) is 0 Å². The molecule has 0 radical (unpaired) electrons. The van der Waals surface area contributed by atoms with E-state index in [2.05, 4.69) is 12.1 Å². The van der Waals surface area contributed by atoms with Gasteiger partial charge in [-0.15, -0.1) is 23.5 Å². The maximum absolute atomic E-state index is 12.3. The van der Waals surface area contributed by atoms with Crippen LogP contribution in [0.3, 0.4) is 0 Å². The largest absolute Gasteiger partial charge is 0.506 e.